The number of aromatic nitrogens is 1. The van der Waals surface area contributed by atoms with E-state index in [9.17, 15) is 4.79 Å². The largest absolute Gasteiger partial charge is 0.497 e. The first-order valence-corrected chi connectivity index (χ1v) is 11.4. The van der Waals surface area contributed by atoms with Crippen LogP contribution in [0, 0.1) is 0 Å². The zero-order valence-electron chi connectivity index (χ0n) is 19.9. The van der Waals surface area contributed by atoms with Gasteiger partial charge in [-0.1, -0.05) is 36.4 Å². The maximum Gasteiger partial charge on any atom is 0.275 e. The highest BCUT2D eigenvalue weighted by Gasteiger charge is 2.24. The van der Waals surface area contributed by atoms with Gasteiger partial charge in [0, 0.05) is 37.3 Å². The quantitative estimate of drug-likeness (QED) is 0.474. The molecule has 1 aromatic heterocycles. The van der Waals surface area contributed by atoms with Crippen molar-refractivity contribution in [2.24, 2.45) is 0 Å². The molecule has 0 N–H and O–H groups in total. The van der Waals surface area contributed by atoms with Crippen molar-refractivity contribution in [2.75, 3.05) is 40.5 Å². The molecule has 1 aliphatic rings. The highest BCUT2D eigenvalue weighted by molar-refractivity contribution is 5.92. The number of hydrogen-bond acceptors (Lipinski definition) is 7. The minimum Gasteiger partial charge on any atom is -0.497 e. The summed E-state index contributed by atoms with van der Waals surface area (Å²) in [6, 6.07) is 16.1. The Balaban J connectivity index is 1.57. The van der Waals surface area contributed by atoms with Crippen molar-refractivity contribution in [2.45, 2.75) is 26.1 Å². The lowest BCUT2D eigenvalue weighted by molar-refractivity contribution is 0.0299. The molecular formula is C26H31N3O5. The fourth-order valence-electron chi connectivity index (χ4n) is 4.06. The van der Waals surface area contributed by atoms with Crippen molar-refractivity contribution in [3.63, 3.8) is 0 Å². The van der Waals surface area contributed by atoms with Gasteiger partial charge < -0.3 is 23.5 Å². The molecule has 0 saturated carbocycles. The van der Waals surface area contributed by atoms with E-state index in [1.807, 2.05) is 36.4 Å². The van der Waals surface area contributed by atoms with Crippen molar-refractivity contribution >= 4 is 5.91 Å². The Morgan fingerprint density at radius 1 is 1.09 bits per heavy atom. The summed E-state index contributed by atoms with van der Waals surface area (Å²) >= 11 is 0. The second kappa shape index (κ2) is 11.2. The van der Waals surface area contributed by atoms with E-state index >= 15 is 0 Å². The zero-order valence-corrected chi connectivity index (χ0v) is 19.9. The molecule has 1 unspecified atom stereocenters. The lowest BCUT2D eigenvalue weighted by Gasteiger charge is -2.29. The first kappa shape index (κ1) is 23.8. The van der Waals surface area contributed by atoms with Crippen LogP contribution in [0.25, 0.3) is 0 Å². The van der Waals surface area contributed by atoms with Crippen LogP contribution in [-0.4, -0.2) is 61.2 Å². The third kappa shape index (κ3) is 5.58. The number of morpholine rings is 1. The Bertz CT molecular complexity index is 1080. The number of carbonyl (C=O) groups is 1. The van der Waals surface area contributed by atoms with E-state index in [-0.39, 0.29) is 11.9 Å². The molecule has 4 rings (SSSR count). The summed E-state index contributed by atoms with van der Waals surface area (Å²) in [5.74, 6) is 1.85. The lowest BCUT2D eigenvalue weighted by atomic mass is 10.1. The molecule has 2 heterocycles. The topological polar surface area (TPSA) is 77.3 Å². The monoisotopic (exact) mass is 465 g/mol. The predicted molar refractivity (Wildman–Crippen MR) is 127 cm³/mol. The summed E-state index contributed by atoms with van der Waals surface area (Å²) in [5.41, 5.74) is 2.51. The lowest BCUT2D eigenvalue weighted by Crippen LogP contribution is -2.40. The number of ether oxygens (including phenoxy) is 3. The van der Waals surface area contributed by atoms with Gasteiger partial charge in [0.25, 0.3) is 5.91 Å². The molecule has 0 aliphatic carbocycles. The normalized spacial score (nSPS) is 14.8. The summed E-state index contributed by atoms with van der Waals surface area (Å²) in [5, 5.41) is 0. The van der Waals surface area contributed by atoms with Crippen LogP contribution >= 0.6 is 0 Å². The number of amides is 1. The van der Waals surface area contributed by atoms with E-state index in [0.29, 0.717) is 51.0 Å². The molecule has 8 nitrogen and oxygen atoms in total. The maximum absolute atomic E-state index is 12.8. The number of benzene rings is 2. The van der Waals surface area contributed by atoms with Crippen molar-refractivity contribution in [1.29, 1.82) is 0 Å². The van der Waals surface area contributed by atoms with Gasteiger partial charge in [0.1, 0.15) is 17.8 Å². The molecule has 1 amide bonds. The van der Waals surface area contributed by atoms with Crippen LogP contribution in [0.4, 0.5) is 0 Å². The fourth-order valence-corrected chi connectivity index (χ4v) is 4.06. The van der Waals surface area contributed by atoms with Crippen molar-refractivity contribution < 1.29 is 23.4 Å². The smallest absolute Gasteiger partial charge is 0.275 e. The molecule has 1 aliphatic heterocycles. The summed E-state index contributed by atoms with van der Waals surface area (Å²) < 4.78 is 22.0. The van der Waals surface area contributed by atoms with Gasteiger partial charge in [-0.15, -0.1) is 0 Å². The molecule has 1 fully saturated rings. The van der Waals surface area contributed by atoms with Gasteiger partial charge in [0.2, 0.25) is 5.89 Å². The van der Waals surface area contributed by atoms with Gasteiger partial charge in [0.05, 0.1) is 34.0 Å². The number of methoxy groups -OCH3 is 2. The Labute approximate surface area is 200 Å². The SMILES string of the molecule is COc1ccc(CN(Cc2nc(C(=O)N3CCOCC3)co2)C(C)c2ccccc2)c(OC)c1. The molecule has 0 bridgehead atoms. The fraction of sp³-hybridized carbons (Fsp3) is 0.385. The second-order valence-corrected chi connectivity index (χ2v) is 8.20. The highest BCUT2D eigenvalue weighted by atomic mass is 16.5. The molecule has 1 atom stereocenters. The van der Waals surface area contributed by atoms with Crippen LogP contribution < -0.4 is 9.47 Å². The van der Waals surface area contributed by atoms with Gasteiger partial charge >= 0.3 is 0 Å². The Kier molecular flexibility index (Phi) is 7.82. The number of hydrogen-bond donors (Lipinski definition) is 0. The molecule has 0 radical (unpaired) electrons. The number of nitrogens with zero attached hydrogens (tertiary/aromatic N) is 3. The third-order valence-electron chi connectivity index (χ3n) is 6.10. The van der Waals surface area contributed by atoms with Crippen molar-refractivity contribution in [1.82, 2.24) is 14.8 Å². The van der Waals surface area contributed by atoms with Gasteiger partial charge in [-0.05, 0) is 18.6 Å². The number of rotatable bonds is 9. The predicted octanol–water partition coefficient (Wildman–Crippen LogP) is 3.93. The molecule has 0 spiro atoms. The minimum atomic E-state index is -0.127. The van der Waals surface area contributed by atoms with Gasteiger partial charge in [0.15, 0.2) is 5.69 Å². The van der Waals surface area contributed by atoms with Crippen LogP contribution in [0.2, 0.25) is 0 Å². The van der Waals surface area contributed by atoms with Crippen LogP contribution in [0.15, 0.2) is 59.2 Å². The number of carbonyl (C=O) groups excluding carboxylic acids is 1. The van der Waals surface area contributed by atoms with Crippen LogP contribution in [0.1, 0.15) is 40.5 Å². The first-order chi connectivity index (χ1) is 16.6. The van der Waals surface area contributed by atoms with E-state index in [0.717, 1.165) is 17.1 Å². The molecule has 3 aromatic rings. The van der Waals surface area contributed by atoms with E-state index in [1.165, 1.54) is 11.8 Å². The van der Waals surface area contributed by atoms with Gasteiger partial charge in [-0.2, -0.15) is 0 Å². The van der Waals surface area contributed by atoms with Crippen molar-refractivity contribution in [3.8, 4) is 11.5 Å². The van der Waals surface area contributed by atoms with Gasteiger partial charge in [-0.25, -0.2) is 4.98 Å². The van der Waals surface area contributed by atoms with Crippen molar-refractivity contribution in [3.05, 3.63) is 77.5 Å². The molecular weight excluding hydrogens is 434 g/mol. The van der Waals surface area contributed by atoms with E-state index in [1.54, 1.807) is 19.1 Å². The zero-order chi connectivity index (χ0) is 23.9. The molecule has 8 heteroatoms. The average molecular weight is 466 g/mol. The van der Waals surface area contributed by atoms with Crippen LogP contribution in [-0.2, 0) is 17.8 Å². The van der Waals surface area contributed by atoms with E-state index < -0.39 is 0 Å². The Morgan fingerprint density at radius 3 is 2.56 bits per heavy atom. The summed E-state index contributed by atoms with van der Waals surface area (Å²) in [6.45, 7) is 5.39. The second-order valence-electron chi connectivity index (χ2n) is 8.20. The molecule has 180 valence electrons. The summed E-state index contributed by atoms with van der Waals surface area (Å²) in [4.78, 5) is 21.3. The van der Waals surface area contributed by atoms with Crippen LogP contribution in [0.3, 0.4) is 0 Å². The van der Waals surface area contributed by atoms with E-state index in [4.69, 9.17) is 18.6 Å². The summed E-state index contributed by atoms with van der Waals surface area (Å²) in [6.07, 6.45) is 1.45. The molecule has 1 saturated heterocycles. The van der Waals surface area contributed by atoms with Gasteiger partial charge in [-0.3, -0.25) is 9.69 Å². The molecule has 2 aromatic carbocycles. The highest BCUT2D eigenvalue weighted by Crippen LogP contribution is 2.30. The Hall–Kier alpha value is -3.36. The average Bonchev–Trinajstić information content (AvgIpc) is 3.37. The van der Waals surface area contributed by atoms with Crippen LogP contribution in [0.5, 0.6) is 11.5 Å². The summed E-state index contributed by atoms with van der Waals surface area (Å²) in [7, 11) is 3.29. The standard InChI is InChI=1S/C26H31N3O5/c1-19(20-7-5-4-6-8-20)29(16-21-9-10-22(31-2)15-24(21)32-3)17-25-27-23(18-34-25)26(30)28-11-13-33-14-12-28/h4-10,15,18-19H,11-14,16-17H2,1-3H3. The maximum atomic E-state index is 12.8. The Morgan fingerprint density at radius 2 is 1.85 bits per heavy atom. The third-order valence-corrected chi connectivity index (χ3v) is 6.10. The first-order valence-electron chi connectivity index (χ1n) is 11.4. The van der Waals surface area contributed by atoms with E-state index in [2.05, 4.69) is 28.9 Å². The minimum absolute atomic E-state index is 0.0679. The number of oxazole rings is 1. The molecule has 34 heavy (non-hydrogen) atoms.